The topological polar surface area (TPSA) is 68.5 Å². The quantitative estimate of drug-likeness (QED) is 0.403. The van der Waals surface area contributed by atoms with E-state index in [4.69, 9.17) is 0 Å². The molecule has 0 aliphatic rings. The molecular weight excluding hydrogens is 424 g/mol. The largest absolute Gasteiger partial charge is 0.390 e. The fourth-order valence-electron chi connectivity index (χ4n) is 3.13. The highest BCUT2D eigenvalue weighted by Crippen LogP contribution is 2.32. The van der Waals surface area contributed by atoms with Gasteiger partial charge in [0.25, 0.3) is 0 Å². The molecule has 4 aromatic rings. The van der Waals surface area contributed by atoms with Crippen LogP contribution in [0.25, 0.3) is 22.6 Å². The summed E-state index contributed by atoms with van der Waals surface area (Å²) in [5.74, 6) is -0.128. The number of nitrogens with one attached hydrogen (secondary N) is 1. The minimum atomic E-state index is -4.32. The average molecular weight is 442 g/mol. The highest BCUT2D eigenvalue weighted by molar-refractivity contribution is 5.77. The molecule has 32 heavy (non-hydrogen) atoms. The summed E-state index contributed by atoms with van der Waals surface area (Å²) in [5.41, 5.74) is 2.53. The zero-order valence-corrected chi connectivity index (χ0v) is 16.7. The van der Waals surface area contributed by atoms with Crippen LogP contribution in [0, 0.1) is 5.82 Å². The number of imidazole rings is 1. The minimum absolute atomic E-state index is 0.293. The summed E-state index contributed by atoms with van der Waals surface area (Å²) in [6.07, 6.45) is -0.822. The number of nitrogens with zero attached hydrogens (tertiary/aromatic N) is 5. The molecule has 3 heterocycles. The molecule has 3 aromatic heterocycles. The lowest BCUT2D eigenvalue weighted by Gasteiger charge is -2.12. The molecule has 6 nitrogen and oxygen atoms in total. The number of alkyl halides is 3. The highest BCUT2D eigenvalue weighted by atomic mass is 19.4. The summed E-state index contributed by atoms with van der Waals surface area (Å²) in [7, 11) is 0. The van der Waals surface area contributed by atoms with E-state index in [1.165, 1.54) is 41.4 Å². The number of aryl methyl sites for hydroxylation is 1. The number of aromatic nitrogens is 5. The van der Waals surface area contributed by atoms with Gasteiger partial charge in [0.2, 0.25) is 5.95 Å². The highest BCUT2D eigenvalue weighted by Gasteiger charge is 2.28. The first-order chi connectivity index (χ1) is 15.4. The molecule has 164 valence electrons. The zero-order valence-electron chi connectivity index (χ0n) is 16.7. The minimum Gasteiger partial charge on any atom is -0.349 e. The van der Waals surface area contributed by atoms with Crippen molar-refractivity contribution in [3.8, 4) is 22.6 Å². The van der Waals surface area contributed by atoms with E-state index in [9.17, 15) is 17.6 Å². The van der Waals surface area contributed by atoms with Crippen molar-refractivity contribution in [3.63, 3.8) is 0 Å². The van der Waals surface area contributed by atoms with E-state index in [1.54, 1.807) is 18.3 Å². The maximum Gasteiger partial charge on any atom is 0.390 e. The normalized spacial score (nSPS) is 11.5. The van der Waals surface area contributed by atoms with E-state index < -0.39 is 18.4 Å². The van der Waals surface area contributed by atoms with Crippen molar-refractivity contribution in [2.24, 2.45) is 0 Å². The molecule has 0 unspecified atom stereocenters. The zero-order chi connectivity index (χ0) is 22.6. The fraction of sp³-hybridized carbons (Fsp3) is 0.182. The van der Waals surface area contributed by atoms with Gasteiger partial charge in [-0.25, -0.2) is 19.3 Å². The number of halogens is 4. The summed E-state index contributed by atoms with van der Waals surface area (Å²) in [6.45, 7) is 0.0518. The van der Waals surface area contributed by atoms with Crippen molar-refractivity contribution in [2.45, 2.75) is 25.7 Å². The first-order valence-corrected chi connectivity index (χ1v) is 9.74. The molecule has 0 atom stereocenters. The van der Waals surface area contributed by atoms with Crippen LogP contribution in [0.4, 0.5) is 23.5 Å². The van der Waals surface area contributed by atoms with Gasteiger partial charge in [-0.3, -0.25) is 4.98 Å². The first kappa shape index (κ1) is 21.4. The van der Waals surface area contributed by atoms with Crippen molar-refractivity contribution in [2.75, 3.05) is 5.32 Å². The van der Waals surface area contributed by atoms with Gasteiger partial charge in [0.1, 0.15) is 5.82 Å². The Morgan fingerprint density at radius 2 is 1.72 bits per heavy atom. The second-order valence-electron chi connectivity index (χ2n) is 6.95. The van der Waals surface area contributed by atoms with Gasteiger partial charge in [-0.2, -0.15) is 13.2 Å². The van der Waals surface area contributed by atoms with Crippen LogP contribution in [0.2, 0.25) is 0 Å². The molecule has 1 N–H and O–H groups in total. The van der Waals surface area contributed by atoms with Crippen LogP contribution >= 0.6 is 0 Å². The summed E-state index contributed by atoms with van der Waals surface area (Å²) in [4.78, 5) is 17.2. The van der Waals surface area contributed by atoms with Crippen molar-refractivity contribution in [1.29, 1.82) is 0 Å². The Morgan fingerprint density at radius 1 is 0.906 bits per heavy atom. The maximum absolute atomic E-state index is 13.4. The third-order valence-electron chi connectivity index (χ3n) is 4.64. The lowest BCUT2D eigenvalue weighted by molar-refractivity contribution is -0.136. The van der Waals surface area contributed by atoms with Crippen LogP contribution in [0.1, 0.15) is 12.1 Å². The number of hydrogen-bond donors (Lipinski definition) is 1. The number of benzene rings is 1. The van der Waals surface area contributed by atoms with E-state index >= 15 is 0 Å². The molecule has 10 heteroatoms. The van der Waals surface area contributed by atoms with E-state index in [0.717, 1.165) is 5.69 Å². The van der Waals surface area contributed by atoms with Gasteiger partial charge in [0.15, 0.2) is 0 Å². The molecule has 0 radical (unpaired) electrons. The lowest BCUT2D eigenvalue weighted by atomic mass is 10.1. The van der Waals surface area contributed by atoms with Crippen LogP contribution in [-0.2, 0) is 13.1 Å². The Hall–Kier alpha value is -3.82. The van der Waals surface area contributed by atoms with Crippen molar-refractivity contribution in [1.82, 2.24) is 24.5 Å². The number of pyridine rings is 1. The van der Waals surface area contributed by atoms with Gasteiger partial charge in [-0.1, -0.05) is 6.07 Å². The fourth-order valence-corrected chi connectivity index (χ4v) is 3.13. The lowest BCUT2D eigenvalue weighted by Crippen LogP contribution is -2.13. The van der Waals surface area contributed by atoms with Gasteiger partial charge in [-0.05, 0) is 42.5 Å². The van der Waals surface area contributed by atoms with Crippen molar-refractivity contribution < 1.29 is 17.6 Å². The van der Waals surface area contributed by atoms with Crippen LogP contribution in [0.3, 0.4) is 0 Å². The van der Waals surface area contributed by atoms with Gasteiger partial charge < -0.3 is 9.88 Å². The smallest absolute Gasteiger partial charge is 0.349 e. The van der Waals surface area contributed by atoms with E-state index in [-0.39, 0.29) is 6.54 Å². The monoisotopic (exact) mass is 442 g/mol. The Labute approximate surface area is 181 Å². The molecule has 0 fully saturated rings. The summed E-state index contributed by atoms with van der Waals surface area (Å²) < 4.78 is 53.4. The van der Waals surface area contributed by atoms with Crippen LogP contribution in [0.5, 0.6) is 0 Å². The van der Waals surface area contributed by atoms with Crippen molar-refractivity contribution >= 4 is 5.95 Å². The average Bonchev–Trinajstić information content (AvgIpc) is 3.21. The van der Waals surface area contributed by atoms with Crippen molar-refractivity contribution in [3.05, 3.63) is 78.8 Å². The Balaban J connectivity index is 1.68. The predicted molar refractivity (Wildman–Crippen MR) is 111 cm³/mol. The summed E-state index contributed by atoms with van der Waals surface area (Å²) in [6, 6.07) is 12.7. The Kier molecular flexibility index (Phi) is 6.11. The predicted octanol–water partition coefficient (Wildman–Crippen LogP) is 5.11. The Bertz CT molecular complexity index is 1170. The number of hydrogen-bond acceptors (Lipinski definition) is 5. The van der Waals surface area contributed by atoms with Gasteiger partial charge in [-0.15, -0.1) is 0 Å². The molecule has 0 amide bonds. The number of anilines is 1. The van der Waals surface area contributed by atoms with E-state index in [2.05, 4.69) is 25.3 Å². The molecule has 0 aliphatic heterocycles. The molecular formula is C22H18F4N6. The first-order valence-electron chi connectivity index (χ1n) is 9.74. The summed E-state index contributed by atoms with van der Waals surface area (Å²) in [5, 5.41) is 3.06. The van der Waals surface area contributed by atoms with Gasteiger partial charge >= 0.3 is 6.18 Å². The number of rotatable bonds is 7. The second kappa shape index (κ2) is 9.13. The van der Waals surface area contributed by atoms with E-state index in [0.29, 0.717) is 35.1 Å². The van der Waals surface area contributed by atoms with Gasteiger partial charge in [0.05, 0.1) is 42.1 Å². The Morgan fingerprint density at radius 3 is 2.44 bits per heavy atom. The molecule has 0 aliphatic carbocycles. The molecule has 4 rings (SSSR count). The molecule has 0 bridgehead atoms. The molecule has 0 saturated carbocycles. The second-order valence-corrected chi connectivity index (χ2v) is 6.95. The van der Waals surface area contributed by atoms with Crippen LogP contribution in [-0.4, -0.2) is 30.7 Å². The maximum atomic E-state index is 13.4. The third-order valence-corrected chi connectivity index (χ3v) is 4.64. The third kappa shape index (κ3) is 5.26. The van der Waals surface area contributed by atoms with E-state index in [1.807, 2.05) is 12.1 Å². The van der Waals surface area contributed by atoms with Crippen LogP contribution < -0.4 is 5.32 Å². The SMILES string of the molecule is Fc1ccc(-c2ncn(CCC(F)(F)F)c2-c2ccnc(NCc3ccccn3)n2)cc1. The van der Waals surface area contributed by atoms with Crippen LogP contribution in [0.15, 0.2) is 67.3 Å². The van der Waals surface area contributed by atoms with Gasteiger partial charge in [0, 0.05) is 24.5 Å². The standard InChI is InChI=1S/C22H18F4N6/c23-16-6-4-15(5-7-16)19-20(32(14-30-19)12-9-22(24,25)26)18-8-11-28-21(31-18)29-13-17-3-1-2-10-27-17/h1-8,10-11,14H,9,12-13H2,(H,28,29,31). The molecule has 1 aromatic carbocycles. The molecule has 0 saturated heterocycles. The summed E-state index contributed by atoms with van der Waals surface area (Å²) >= 11 is 0. The molecule has 0 spiro atoms.